The van der Waals surface area contributed by atoms with Gasteiger partial charge in [-0.05, 0) is 42.5 Å². The molecule has 0 heterocycles. The van der Waals surface area contributed by atoms with Crippen molar-refractivity contribution in [2.45, 2.75) is 53.6 Å². The number of carbonyl (C=O) groups is 2. The third-order valence-corrected chi connectivity index (χ3v) is 3.38. The minimum absolute atomic E-state index is 0.103. The van der Waals surface area contributed by atoms with Crippen LogP contribution in [0.4, 0.5) is 0 Å². The highest BCUT2D eigenvalue weighted by Gasteiger charge is 2.27. The minimum atomic E-state index is -0.372. The molecule has 1 rings (SSSR count). The van der Waals surface area contributed by atoms with Crippen molar-refractivity contribution in [3.05, 3.63) is 35.4 Å². The first kappa shape index (κ1) is 18.2. The monoisotopic (exact) mass is 306 g/mol. The molecule has 122 valence electrons. The van der Waals surface area contributed by atoms with Gasteiger partial charge in [-0.25, -0.2) is 9.59 Å². The molecular formula is C18H26O4. The van der Waals surface area contributed by atoms with Gasteiger partial charge in [0.2, 0.25) is 0 Å². The molecule has 0 N–H and O–H groups in total. The van der Waals surface area contributed by atoms with Crippen molar-refractivity contribution in [2.75, 3.05) is 6.61 Å². The molecule has 22 heavy (non-hydrogen) atoms. The SMILES string of the molecule is CCCOC(=O)c1ccc(C(=O)OC(CC)C(C)(C)C)cc1. The number of hydrogen-bond donors (Lipinski definition) is 0. The summed E-state index contributed by atoms with van der Waals surface area (Å²) in [7, 11) is 0. The highest BCUT2D eigenvalue weighted by molar-refractivity contribution is 5.93. The molecule has 4 nitrogen and oxygen atoms in total. The van der Waals surface area contributed by atoms with Gasteiger partial charge < -0.3 is 9.47 Å². The zero-order valence-electron chi connectivity index (χ0n) is 14.1. The molecule has 0 saturated carbocycles. The Bertz CT molecular complexity index is 497. The Morgan fingerprint density at radius 1 is 1.00 bits per heavy atom. The summed E-state index contributed by atoms with van der Waals surface area (Å²) in [4.78, 5) is 23.9. The molecule has 1 aromatic rings. The van der Waals surface area contributed by atoms with Gasteiger partial charge in [-0.2, -0.15) is 0 Å². The van der Waals surface area contributed by atoms with Crippen LogP contribution >= 0.6 is 0 Å². The Morgan fingerprint density at radius 3 is 1.91 bits per heavy atom. The second-order valence-electron chi connectivity index (χ2n) is 6.38. The summed E-state index contributed by atoms with van der Waals surface area (Å²) in [6, 6.07) is 6.37. The predicted octanol–water partition coefficient (Wildman–Crippen LogP) is 4.23. The van der Waals surface area contributed by atoms with Crippen molar-refractivity contribution >= 4 is 11.9 Å². The molecule has 0 aliphatic rings. The zero-order valence-corrected chi connectivity index (χ0v) is 14.1. The molecule has 4 heteroatoms. The fourth-order valence-electron chi connectivity index (χ4n) is 2.09. The van der Waals surface area contributed by atoms with Gasteiger partial charge in [-0.1, -0.05) is 34.6 Å². The lowest BCUT2D eigenvalue weighted by Gasteiger charge is -2.29. The van der Waals surface area contributed by atoms with E-state index in [4.69, 9.17) is 9.47 Å². The fraction of sp³-hybridized carbons (Fsp3) is 0.556. The highest BCUT2D eigenvalue weighted by atomic mass is 16.5. The van der Waals surface area contributed by atoms with Crippen molar-refractivity contribution in [1.29, 1.82) is 0 Å². The standard InChI is InChI=1S/C18H26O4/c1-6-12-21-16(19)13-8-10-14(11-9-13)17(20)22-15(7-2)18(3,4)5/h8-11,15H,6-7,12H2,1-5H3. The van der Waals surface area contributed by atoms with Gasteiger partial charge in [-0.15, -0.1) is 0 Å². The van der Waals surface area contributed by atoms with Crippen LogP contribution in [0.2, 0.25) is 0 Å². The van der Waals surface area contributed by atoms with E-state index >= 15 is 0 Å². The van der Waals surface area contributed by atoms with E-state index in [-0.39, 0.29) is 23.5 Å². The van der Waals surface area contributed by atoms with E-state index < -0.39 is 0 Å². The molecule has 0 aromatic heterocycles. The summed E-state index contributed by atoms with van der Waals surface area (Å²) in [5.41, 5.74) is 0.775. The summed E-state index contributed by atoms with van der Waals surface area (Å²) in [6.07, 6.45) is 1.40. The van der Waals surface area contributed by atoms with Crippen LogP contribution in [0, 0.1) is 5.41 Å². The third kappa shape index (κ3) is 5.17. The first-order valence-corrected chi connectivity index (χ1v) is 7.77. The number of ether oxygens (including phenoxy) is 2. The molecule has 0 radical (unpaired) electrons. The predicted molar refractivity (Wildman–Crippen MR) is 86.0 cm³/mol. The van der Waals surface area contributed by atoms with Gasteiger partial charge in [0, 0.05) is 0 Å². The lowest BCUT2D eigenvalue weighted by molar-refractivity contribution is -0.00406. The van der Waals surface area contributed by atoms with E-state index in [1.54, 1.807) is 24.3 Å². The van der Waals surface area contributed by atoms with E-state index in [9.17, 15) is 9.59 Å². The molecule has 0 aliphatic heterocycles. The molecule has 0 amide bonds. The molecule has 0 fully saturated rings. The van der Waals surface area contributed by atoms with Crippen LogP contribution in [-0.2, 0) is 9.47 Å². The normalized spacial score (nSPS) is 12.6. The Kier molecular flexibility index (Phi) is 6.60. The van der Waals surface area contributed by atoms with Crippen LogP contribution in [-0.4, -0.2) is 24.6 Å². The molecule has 0 spiro atoms. The summed E-state index contributed by atoms with van der Waals surface area (Å²) < 4.78 is 10.6. The van der Waals surface area contributed by atoms with E-state index in [0.717, 1.165) is 12.8 Å². The molecule has 0 saturated heterocycles. The maximum absolute atomic E-state index is 12.2. The minimum Gasteiger partial charge on any atom is -0.462 e. The quantitative estimate of drug-likeness (QED) is 0.738. The van der Waals surface area contributed by atoms with Gasteiger partial charge in [0.25, 0.3) is 0 Å². The highest BCUT2D eigenvalue weighted by Crippen LogP contribution is 2.25. The zero-order chi connectivity index (χ0) is 16.8. The molecule has 0 bridgehead atoms. The Labute approximate surface area is 132 Å². The summed E-state index contributed by atoms with van der Waals surface area (Å²) in [5, 5.41) is 0. The summed E-state index contributed by atoms with van der Waals surface area (Å²) in [6.45, 7) is 10.5. The van der Waals surface area contributed by atoms with Gasteiger partial charge in [0.15, 0.2) is 0 Å². The second kappa shape index (κ2) is 7.97. The van der Waals surface area contributed by atoms with Crippen molar-refractivity contribution in [3.8, 4) is 0 Å². The average Bonchev–Trinajstić information content (AvgIpc) is 2.48. The topological polar surface area (TPSA) is 52.6 Å². The van der Waals surface area contributed by atoms with Gasteiger partial charge in [0.1, 0.15) is 6.10 Å². The van der Waals surface area contributed by atoms with Crippen molar-refractivity contribution in [3.63, 3.8) is 0 Å². The molecule has 1 unspecified atom stereocenters. The maximum atomic E-state index is 12.2. The van der Waals surface area contributed by atoms with Crippen molar-refractivity contribution < 1.29 is 19.1 Å². The Hall–Kier alpha value is -1.84. The summed E-state index contributed by atoms with van der Waals surface area (Å²) >= 11 is 0. The smallest absolute Gasteiger partial charge is 0.338 e. The number of carbonyl (C=O) groups excluding carboxylic acids is 2. The van der Waals surface area contributed by atoms with Crippen LogP contribution in [0.3, 0.4) is 0 Å². The second-order valence-corrected chi connectivity index (χ2v) is 6.38. The third-order valence-electron chi connectivity index (χ3n) is 3.38. The van der Waals surface area contributed by atoms with Crippen LogP contribution < -0.4 is 0 Å². The lowest BCUT2D eigenvalue weighted by atomic mass is 9.87. The van der Waals surface area contributed by atoms with Gasteiger partial charge >= 0.3 is 11.9 Å². The lowest BCUT2D eigenvalue weighted by Crippen LogP contribution is -2.31. The van der Waals surface area contributed by atoms with E-state index in [1.807, 2.05) is 34.6 Å². The van der Waals surface area contributed by atoms with Crippen molar-refractivity contribution in [2.24, 2.45) is 5.41 Å². The van der Waals surface area contributed by atoms with E-state index in [2.05, 4.69) is 0 Å². The van der Waals surface area contributed by atoms with Crippen LogP contribution in [0.1, 0.15) is 68.2 Å². The number of esters is 2. The first-order chi connectivity index (χ1) is 10.3. The van der Waals surface area contributed by atoms with Crippen LogP contribution in [0.15, 0.2) is 24.3 Å². The van der Waals surface area contributed by atoms with Crippen LogP contribution in [0.25, 0.3) is 0 Å². The Balaban J connectivity index is 2.73. The average molecular weight is 306 g/mol. The largest absolute Gasteiger partial charge is 0.462 e. The first-order valence-electron chi connectivity index (χ1n) is 7.77. The number of benzene rings is 1. The fourth-order valence-corrected chi connectivity index (χ4v) is 2.09. The Morgan fingerprint density at radius 2 is 1.50 bits per heavy atom. The van der Waals surface area contributed by atoms with Crippen molar-refractivity contribution in [1.82, 2.24) is 0 Å². The molecular weight excluding hydrogens is 280 g/mol. The molecule has 1 atom stereocenters. The van der Waals surface area contributed by atoms with E-state index in [1.165, 1.54) is 0 Å². The maximum Gasteiger partial charge on any atom is 0.338 e. The molecule has 0 aliphatic carbocycles. The molecule has 1 aromatic carbocycles. The van der Waals surface area contributed by atoms with Gasteiger partial charge in [-0.3, -0.25) is 0 Å². The summed E-state index contributed by atoms with van der Waals surface area (Å²) in [5.74, 6) is -0.738. The van der Waals surface area contributed by atoms with E-state index in [0.29, 0.717) is 17.7 Å². The number of rotatable bonds is 6. The van der Waals surface area contributed by atoms with Crippen LogP contribution in [0.5, 0.6) is 0 Å². The van der Waals surface area contributed by atoms with Gasteiger partial charge in [0.05, 0.1) is 17.7 Å². The number of hydrogen-bond acceptors (Lipinski definition) is 4.